The van der Waals surface area contributed by atoms with Crippen molar-refractivity contribution in [2.45, 2.75) is 26.9 Å². The second kappa shape index (κ2) is 3.71. The molecule has 14 heavy (non-hydrogen) atoms. The SMILES string of the molecule is CCc1cc(CO)c2scc(C)c2c1. The maximum atomic E-state index is 9.27. The van der Waals surface area contributed by atoms with E-state index in [1.165, 1.54) is 21.2 Å². The summed E-state index contributed by atoms with van der Waals surface area (Å²) in [4.78, 5) is 0. The highest BCUT2D eigenvalue weighted by molar-refractivity contribution is 7.17. The molecule has 2 aromatic rings. The number of aliphatic hydroxyl groups excluding tert-OH is 1. The van der Waals surface area contributed by atoms with E-state index < -0.39 is 0 Å². The first-order chi connectivity index (χ1) is 6.76. The second-order valence-electron chi connectivity index (χ2n) is 3.56. The van der Waals surface area contributed by atoms with Crippen LogP contribution in [0.1, 0.15) is 23.6 Å². The molecule has 0 aliphatic heterocycles. The highest BCUT2D eigenvalue weighted by atomic mass is 32.1. The molecule has 0 unspecified atom stereocenters. The van der Waals surface area contributed by atoms with Gasteiger partial charge >= 0.3 is 0 Å². The van der Waals surface area contributed by atoms with Gasteiger partial charge in [0.05, 0.1) is 6.61 Å². The van der Waals surface area contributed by atoms with Crippen molar-refractivity contribution in [1.82, 2.24) is 0 Å². The van der Waals surface area contributed by atoms with Crippen LogP contribution in [0, 0.1) is 6.92 Å². The third kappa shape index (κ3) is 1.45. The van der Waals surface area contributed by atoms with Crippen molar-refractivity contribution in [2.75, 3.05) is 0 Å². The van der Waals surface area contributed by atoms with Gasteiger partial charge in [-0.3, -0.25) is 0 Å². The number of aryl methyl sites for hydroxylation is 2. The van der Waals surface area contributed by atoms with Crippen LogP contribution in [0.25, 0.3) is 10.1 Å². The molecule has 1 aromatic heterocycles. The second-order valence-corrected chi connectivity index (χ2v) is 4.44. The number of aliphatic hydroxyl groups is 1. The van der Waals surface area contributed by atoms with E-state index in [0.29, 0.717) is 0 Å². The van der Waals surface area contributed by atoms with E-state index in [4.69, 9.17) is 0 Å². The Bertz CT molecular complexity index is 457. The van der Waals surface area contributed by atoms with Gasteiger partial charge in [-0.1, -0.05) is 19.1 Å². The zero-order valence-electron chi connectivity index (χ0n) is 8.50. The molecule has 0 bridgehead atoms. The maximum Gasteiger partial charge on any atom is 0.0695 e. The maximum absolute atomic E-state index is 9.27. The van der Waals surface area contributed by atoms with Crippen molar-refractivity contribution >= 4 is 21.4 Å². The fourth-order valence-electron chi connectivity index (χ4n) is 1.72. The monoisotopic (exact) mass is 206 g/mol. The minimum atomic E-state index is 0.143. The summed E-state index contributed by atoms with van der Waals surface area (Å²) >= 11 is 1.72. The number of thiophene rings is 1. The first-order valence-corrected chi connectivity index (χ1v) is 5.74. The van der Waals surface area contributed by atoms with Crippen molar-refractivity contribution in [2.24, 2.45) is 0 Å². The topological polar surface area (TPSA) is 20.2 Å². The van der Waals surface area contributed by atoms with E-state index in [1.54, 1.807) is 11.3 Å². The quantitative estimate of drug-likeness (QED) is 0.799. The van der Waals surface area contributed by atoms with Gasteiger partial charge in [0.2, 0.25) is 0 Å². The molecule has 1 aromatic carbocycles. The fourth-order valence-corrected chi connectivity index (χ4v) is 2.76. The van der Waals surface area contributed by atoms with Crippen molar-refractivity contribution in [3.8, 4) is 0 Å². The first-order valence-electron chi connectivity index (χ1n) is 4.86. The van der Waals surface area contributed by atoms with Crippen LogP contribution in [0.5, 0.6) is 0 Å². The third-order valence-electron chi connectivity index (χ3n) is 2.58. The lowest BCUT2D eigenvalue weighted by Gasteiger charge is -2.03. The standard InChI is InChI=1S/C12H14OS/c1-3-9-4-10(6-13)12-11(5-9)8(2)7-14-12/h4-5,7,13H,3,6H2,1-2H3. The Morgan fingerprint density at radius 1 is 1.36 bits per heavy atom. The van der Waals surface area contributed by atoms with Gasteiger partial charge in [0.15, 0.2) is 0 Å². The highest BCUT2D eigenvalue weighted by Gasteiger charge is 2.06. The highest BCUT2D eigenvalue weighted by Crippen LogP contribution is 2.30. The summed E-state index contributed by atoms with van der Waals surface area (Å²) in [5.41, 5.74) is 3.69. The first kappa shape index (κ1) is 9.69. The van der Waals surface area contributed by atoms with Crippen LogP contribution in [-0.2, 0) is 13.0 Å². The van der Waals surface area contributed by atoms with Crippen molar-refractivity contribution in [1.29, 1.82) is 0 Å². The van der Waals surface area contributed by atoms with E-state index in [2.05, 4.69) is 31.4 Å². The molecular formula is C12H14OS. The van der Waals surface area contributed by atoms with Gasteiger partial charge in [-0.05, 0) is 40.8 Å². The van der Waals surface area contributed by atoms with Crippen LogP contribution in [0.3, 0.4) is 0 Å². The van der Waals surface area contributed by atoms with Crippen molar-refractivity contribution < 1.29 is 5.11 Å². The average molecular weight is 206 g/mol. The van der Waals surface area contributed by atoms with Crippen LogP contribution >= 0.6 is 11.3 Å². The van der Waals surface area contributed by atoms with Crippen LogP contribution in [-0.4, -0.2) is 5.11 Å². The van der Waals surface area contributed by atoms with Gasteiger partial charge in [-0.25, -0.2) is 0 Å². The molecule has 1 heterocycles. The summed E-state index contributed by atoms with van der Waals surface area (Å²) in [5.74, 6) is 0. The summed E-state index contributed by atoms with van der Waals surface area (Å²) < 4.78 is 1.24. The normalized spacial score (nSPS) is 11.1. The Morgan fingerprint density at radius 3 is 2.79 bits per heavy atom. The Kier molecular flexibility index (Phi) is 2.57. The number of hydrogen-bond acceptors (Lipinski definition) is 2. The summed E-state index contributed by atoms with van der Waals surface area (Å²) in [6.07, 6.45) is 1.03. The Hall–Kier alpha value is -0.860. The van der Waals surface area contributed by atoms with Gasteiger partial charge < -0.3 is 5.11 Å². The van der Waals surface area contributed by atoms with E-state index in [0.717, 1.165) is 12.0 Å². The fraction of sp³-hybridized carbons (Fsp3) is 0.333. The van der Waals surface area contributed by atoms with E-state index in [9.17, 15) is 5.11 Å². The van der Waals surface area contributed by atoms with Gasteiger partial charge in [0.25, 0.3) is 0 Å². The molecule has 0 fully saturated rings. The minimum absolute atomic E-state index is 0.143. The van der Waals surface area contributed by atoms with Crippen molar-refractivity contribution in [3.05, 3.63) is 34.2 Å². The Morgan fingerprint density at radius 2 is 2.14 bits per heavy atom. The summed E-state index contributed by atoms with van der Waals surface area (Å²) in [6, 6.07) is 4.35. The molecule has 2 rings (SSSR count). The van der Waals surface area contributed by atoms with E-state index in [1.807, 2.05) is 0 Å². The van der Waals surface area contributed by atoms with Gasteiger partial charge in [-0.15, -0.1) is 11.3 Å². The predicted octanol–water partition coefficient (Wildman–Crippen LogP) is 3.26. The number of rotatable bonds is 2. The van der Waals surface area contributed by atoms with Gasteiger partial charge in [0.1, 0.15) is 0 Å². The zero-order chi connectivity index (χ0) is 10.1. The molecule has 0 aliphatic rings. The van der Waals surface area contributed by atoms with Crippen molar-refractivity contribution in [3.63, 3.8) is 0 Å². The number of benzene rings is 1. The lowest BCUT2D eigenvalue weighted by molar-refractivity contribution is 0.283. The Balaban J connectivity index is 2.76. The molecule has 74 valence electrons. The molecule has 0 atom stereocenters. The van der Waals surface area contributed by atoms with Gasteiger partial charge in [0, 0.05) is 4.70 Å². The zero-order valence-corrected chi connectivity index (χ0v) is 9.32. The number of hydrogen-bond donors (Lipinski definition) is 1. The minimum Gasteiger partial charge on any atom is -0.392 e. The molecule has 0 aliphatic carbocycles. The molecule has 1 nitrogen and oxygen atoms in total. The van der Waals surface area contributed by atoms with E-state index in [-0.39, 0.29) is 6.61 Å². The summed E-state index contributed by atoms with van der Waals surface area (Å²) in [7, 11) is 0. The summed E-state index contributed by atoms with van der Waals surface area (Å²) in [5, 5.41) is 12.7. The number of fused-ring (bicyclic) bond motifs is 1. The molecule has 0 amide bonds. The predicted molar refractivity (Wildman–Crippen MR) is 61.9 cm³/mol. The lowest BCUT2D eigenvalue weighted by Crippen LogP contribution is -1.88. The molecule has 0 saturated heterocycles. The lowest BCUT2D eigenvalue weighted by atomic mass is 10.0. The van der Waals surface area contributed by atoms with Gasteiger partial charge in [-0.2, -0.15) is 0 Å². The largest absolute Gasteiger partial charge is 0.392 e. The third-order valence-corrected chi connectivity index (χ3v) is 3.77. The summed E-state index contributed by atoms with van der Waals surface area (Å²) in [6.45, 7) is 4.41. The van der Waals surface area contributed by atoms with Crippen LogP contribution < -0.4 is 0 Å². The van der Waals surface area contributed by atoms with Crippen LogP contribution in [0.15, 0.2) is 17.5 Å². The molecule has 0 radical (unpaired) electrons. The Labute approximate surface area is 88.0 Å². The smallest absolute Gasteiger partial charge is 0.0695 e. The molecular weight excluding hydrogens is 192 g/mol. The van der Waals surface area contributed by atoms with Crippen LogP contribution in [0.2, 0.25) is 0 Å². The molecule has 0 saturated carbocycles. The molecule has 1 N–H and O–H groups in total. The average Bonchev–Trinajstić information content (AvgIpc) is 2.59. The molecule has 0 spiro atoms. The molecule has 2 heteroatoms. The van der Waals surface area contributed by atoms with E-state index >= 15 is 0 Å². The van der Waals surface area contributed by atoms with Crippen LogP contribution in [0.4, 0.5) is 0 Å².